The first kappa shape index (κ1) is 14.7. The minimum atomic E-state index is -0.242. The SMILES string of the molecule is CC(C)c1cc(C(=O)NCCO)nn1C(C)(C)C. The van der Waals surface area contributed by atoms with Crippen LogP contribution in [0.3, 0.4) is 0 Å². The lowest BCUT2D eigenvalue weighted by atomic mass is 10.1. The fourth-order valence-corrected chi connectivity index (χ4v) is 1.72. The Morgan fingerprint density at radius 3 is 2.50 bits per heavy atom. The maximum atomic E-state index is 11.8. The van der Waals surface area contributed by atoms with Crippen LogP contribution in [0.1, 0.15) is 56.7 Å². The van der Waals surface area contributed by atoms with E-state index in [4.69, 9.17) is 5.11 Å². The van der Waals surface area contributed by atoms with Gasteiger partial charge in [-0.25, -0.2) is 0 Å². The monoisotopic (exact) mass is 253 g/mol. The number of carbonyl (C=O) groups is 1. The zero-order valence-corrected chi connectivity index (χ0v) is 11.8. The fraction of sp³-hybridized carbons (Fsp3) is 0.692. The highest BCUT2D eigenvalue weighted by molar-refractivity contribution is 5.92. The molecule has 0 aliphatic rings. The lowest BCUT2D eigenvalue weighted by Gasteiger charge is -2.23. The number of aliphatic hydroxyl groups excluding tert-OH is 1. The first-order valence-electron chi connectivity index (χ1n) is 6.27. The van der Waals surface area contributed by atoms with Crippen molar-refractivity contribution in [2.45, 2.75) is 46.1 Å². The maximum Gasteiger partial charge on any atom is 0.271 e. The Morgan fingerprint density at radius 1 is 1.50 bits per heavy atom. The van der Waals surface area contributed by atoms with Crippen LogP contribution in [0.25, 0.3) is 0 Å². The van der Waals surface area contributed by atoms with E-state index in [-0.39, 0.29) is 24.6 Å². The number of amides is 1. The summed E-state index contributed by atoms with van der Waals surface area (Å²) in [5.41, 5.74) is 1.29. The van der Waals surface area contributed by atoms with Gasteiger partial charge >= 0.3 is 0 Å². The molecule has 5 nitrogen and oxygen atoms in total. The Labute approximate surface area is 108 Å². The molecule has 0 radical (unpaired) electrons. The second-order valence-corrected chi connectivity index (χ2v) is 5.67. The van der Waals surface area contributed by atoms with Gasteiger partial charge in [-0.15, -0.1) is 0 Å². The third-order valence-electron chi connectivity index (χ3n) is 2.59. The predicted molar refractivity (Wildman–Crippen MR) is 70.7 cm³/mol. The Bertz CT molecular complexity index is 416. The normalized spacial score (nSPS) is 11.9. The summed E-state index contributed by atoms with van der Waals surface area (Å²) in [6, 6.07) is 1.82. The van der Waals surface area contributed by atoms with Crippen molar-refractivity contribution in [3.05, 3.63) is 17.5 Å². The van der Waals surface area contributed by atoms with Gasteiger partial charge in [0.1, 0.15) is 5.69 Å². The first-order valence-corrected chi connectivity index (χ1v) is 6.27. The van der Waals surface area contributed by atoms with Crippen molar-refractivity contribution in [2.75, 3.05) is 13.2 Å². The summed E-state index contributed by atoms with van der Waals surface area (Å²) in [6.07, 6.45) is 0. The van der Waals surface area contributed by atoms with Crippen LogP contribution >= 0.6 is 0 Å². The number of aromatic nitrogens is 2. The standard InChI is InChI=1S/C13H23N3O2/c1-9(2)11-8-10(12(18)14-6-7-17)15-16(11)13(3,4)5/h8-9,17H,6-7H2,1-5H3,(H,14,18). The van der Waals surface area contributed by atoms with E-state index in [2.05, 4.69) is 45.0 Å². The van der Waals surface area contributed by atoms with Gasteiger partial charge < -0.3 is 10.4 Å². The Balaban J connectivity index is 3.07. The van der Waals surface area contributed by atoms with E-state index < -0.39 is 0 Å². The number of nitrogens with one attached hydrogen (secondary N) is 1. The molecule has 1 rings (SSSR count). The van der Waals surface area contributed by atoms with Crippen LogP contribution in [0.15, 0.2) is 6.07 Å². The molecule has 0 aliphatic heterocycles. The van der Waals surface area contributed by atoms with E-state index in [9.17, 15) is 4.79 Å². The predicted octanol–water partition coefficient (Wildman–Crippen LogP) is 1.48. The second kappa shape index (κ2) is 5.52. The molecule has 1 amide bonds. The zero-order chi connectivity index (χ0) is 13.9. The maximum absolute atomic E-state index is 11.8. The molecule has 18 heavy (non-hydrogen) atoms. The van der Waals surface area contributed by atoms with Gasteiger partial charge in [0, 0.05) is 12.2 Å². The van der Waals surface area contributed by atoms with Crippen molar-refractivity contribution in [2.24, 2.45) is 0 Å². The van der Waals surface area contributed by atoms with Crippen LogP contribution < -0.4 is 5.32 Å². The highest BCUT2D eigenvalue weighted by Gasteiger charge is 2.23. The van der Waals surface area contributed by atoms with Gasteiger partial charge in [0.2, 0.25) is 0 Å². The molecule has 0 unspecified atom stereocenters. The third-order valence-corrected chi connectivity index (χ3v) is 2.59. The molecule has 1 aromatic rings. The molecule has 0 bridgehead atoms. The van der Waals surface area contributed by atoms with E-state index in [1.807, 2.05) is 10.7 Å². The van der Waals surface area contributed by atoms with Gasteiger partial charge in [-0.3, -0.25) is 9.48 Å². The quantitative estimate of drug-likeness (QED) is 0.854. The topological polar surface area (TPSA) is 67.2 Å². The van der Waals surface area contributed by atoms with Gasteiger partial charge in [-0.2, -0.15) is 5.10 Å². The molecule has 2 N–H and O–H groups in total. The second-order valence-electron chi connectivity index (χ2n) is 5.67. The lowest BCUT2D eigenvalue weighted by molar-refractivity contribution is 0.0938. The summed E-state index contributed by atoms with van der Waals surface area (Å²) in [5, 5.41) is 15.7. The smallest absolute Gasteiger partial charge is 0.271 e. The summed E-state index contributed by atoms with van der Waals surface area (Å²) in [6.45, 7) is 10.5. The highest BCUT2D eigenvalue weighted by atomic mass is 16.3. The number of rotatable bonds is 4. The average molecular weight is 253 g/mol. The first-order chi connectivity index (χ1) is 8.27. The van der Waals surface area contributed by atoms with Gasteiger partial charge in [0.25, 0.3) is 5.91 Å². The summed E-state index contributed by atoms with van der Waals surface area (Å²) >= 11 is 0. The number of carbonyl (C=O) groups excluding carboxylic acids is 1. The van der Waals surface area contributed by atoms with Gasteiger partial charge in [-0.05, 0) is 32.8 Å². The van der Waals surface area contributed by atoms with E-state index in [0.717, 1.165) is 5.69 Å². The molecule has 0 spiro atoms. The van der Waals surface area contributed by atoms with Crippen LogP contribution in [0.2, 0.25) is 0 Å². The number of hydrogen-bond donors (Lipinski definition) is 2. The van der Waals surface area contributed by atoms with Crippen molar-refractivity contribution >= 4 is 5.91 Å². The summed E-state index contributed by atoms with van der Waals surface area (Å²) in [7, 11) is 0. The molecular formula is C13H23N3O2. The minimum Gasteiger partial charge on any atom is -0.395 e. The van der Waals surface area contributed by atoms with Gasteiger partial charge in [-0.1, -0.05) is 13.8 Å². The molecule has 0 fully saturated rings. The number of nitrogens with zero attached hydrogens (tertiary/aromatic N) is 2. The molecule has 0 aromatic carbocycles. The molecule has 1 aromatic heterocycles. The van der Waals surface area contributed by atoms with Gasteiger partial charge in [0.15, 0.2) is 0 Å². The molecule has 0 aliphatic carbocycles. The lowest BCUT2D eigenvalue weighted by Crippen LogP contribution is -2.29. The molecular weight excluding hydrogens is 230 g/mol. The van der Waals surface area contributed by atoms with Gasteiger partial charge in [0.05, 0.1) is 12.1 Å². The molecule has 0 atom stereocenters. The van der Waals surface area contributed by atoms with Crippen LogP contribution in [-0.4, -0.2) is 33.9 Å². The van der Waals surface area contributed by atoms with E-state index >= 15 is 0 Å². The van der Waals surface area contributed by atoms with Crippen LogP contribution in [0, 0.1) is 0 Å². The summed E-state index contributed by atoms with van der Waals surface area (Å²) in [5.74, 6) is 0.0602. The molecule has 102 valence electrons. The Kier molecular flexibility index (Phi) is 4.51. The molecule has 1 heterocycles. The van der Waals surface area contributed by atoms with E-state index in [1.54, 1.807) is 0 Å². The third kappa shape index (κ3) is 3.32. The van der Waals surface area contributed by atoms with E-state index in [1.165, 1.54) is 0 Å². The number of aliphatic hydroxyl groups is 1. The highest BCUT2D eigenvalue weighted by Crippen LogP contribution is 2.23. The average Bonchev–Trinajstić information content (AvgIpc) is 2.70. The summed E-state index contributed by atoms with van der Waals surface area (Å²) in [4.78, 5) is 11.8. The largest absolute Gasteiger partial charge is 0.395 e. The molecule has 0 saturated carbocycles. The van der Waals surface area contributed by atoms with Crippen molar-refractivity contribution in [1.29, 1.82) is 0 Å². The Morgan fingerprint density at radius 2 is 2.11 bits per heavy atom. The van der Waals surface area contributed by atoms with Crippen molar-refractivity contribution in [3.8, 4) is 0 Å². The van der Waals surface area contributed by atoms with Crippen molar-refractivity contribution in [3.63, 3.8) is 0 Å². The zero-order valence-electron chi connectivity index (χ0n) is 11.8. The van der Waals surface area contributed by atoms with Crippen molar-refractivity contribution in [1.82, 2.24) is 15.1 Å². The van der Waals surface area contributed by atoms with Crippen LogP contribution in [-0.2, 0) is 5.54 Å². The molecule has 0 saturated heterocycles. The van der Waals surface area contributed by atoms with Crippen molar-refractivity contribution < 1.29 is 9.90 Å². The van der Waals surface area contributed by atoms with Crippen LogP contribution in [0.4, 0.5) is 0 Å². The number of hydrogen-bond acceptors (Lipinski definition) is 3. The van der Waals surface area contributed by atoms with E-state index in [0.29, 0.717) is 11.6 Å². The Hall–Kier alpha value is -1.36. The van der Waals surface area contributed by atoms with Crippen LogP contribution in [0.5, 0.6) is 0 Å². The fourth-order valence-electron chi connectivity index (χ4n) is 1.72. The molecule has 5 heteroatoms. The summed E-state index contributed by atoms with van der Waals surface area (Å²) < 4.78 is 1.89. The minimum absolute atomic E-state index is 0.0667.